The molecule has 0 radical (unpaired) electrons. The van der Waals surface area contributed by atoms with Gasteiger partial charge in [-0.1, -0.05) is 0 Å². The van der Waals surface area contributed by atoms with E-state index in [1.54, 1.807) is 0 Å². The minimum atomic E-state index is -1.23. The molecule has 0 aliphatic heterocycles. The molecule has 6 heteroatoms. The third-order valence-electron chi connectivity index (χ3n) is 0.969. The summed E-state index contributed by atoms with van der Waals surface area (Å²) in [6, 6.07) is -1.23. The van der Waals surface area contributed by atoms with Crippen LogP contribution < -0.4 is 0 Å². The van der Waals surface area contributed by atoms with Crippen molar-refractivity contribution in [3.8, 4) is 0 Å². The first-order valence-electron chi connectivity index (χ1n) is 2.88. The number of isocyanates is 2. The molecular weight excluding hydrogens is 164 g/mol. The summed E-state index contributed by atoms with van der Waals surface area (Å²) >= 11 is 0. The fourth-order valence-corrected chi connectivity index (χ4v) is 0.483. The molecule has 62 valence electrons. The van der Waals surface area contributed by atoms with E-state index in [2.05, 4.69) is 9.98 Å². The maximum Gasteiger partial charge on any atom is 0.282 e. The number of aliphatic imine (C=N–C) groups is 2. The number of carbonyl (C=O) groups is 2. The average Bonchev–Trinajstić information content (AvgIpc) is 2.04. The second-order valence-corrected chi connectivity index (χ2v) is 1.68. The Morgan fingerprint density at radius 1 is 1.42 bits per heavy atom. The molecule has 12 heavy (non-hydrogen) atoms. The lowest BCUT2D eigenvalue weighted by Gasteiger charge is -1.96. The van der Waals surface area contributed by atoms with Gasteiger partial charge in [0.15, 0.2) is 6.04 Å². The lowest BCUT2D eigenvalue weighted by molar-refractivity contribution is -0.120. The Kier molecular flexibility index (Phi) is 4.93. The lowest BCUT2D eigenvalue weighted by Crippen LogP contribution is -2.16. The highest BCUT2D eigenvalue weighted by molar-refractivity contribution is 5.88. The molecule has 0 aromatic heterocycles. The van der Waals surface area contributed by atoms with Crippen molar-refractivity contribution >= 4 is 24.4 Å². The maximum absolute atomic E-state index is 10.7. The zero-order valence-electron chi connectivity index (χ0n) is 5.89. The maximum atomic E-state index is 10.7. The van der Waals surface area contributed by atoms with Gasteiger partial charge in [0.25, 0.3) is 5.91 Å². The van der Waals surface area contributed by atoms with E-state index in [1.807, 2.05) is 0 Å². The van der Waals surface area contributed by atoms with E-state index >= 15 is 0 Å². The Labute approximate surface area is 67.0 Å². The second-order valence-electron chi connectivity index (χ2n) is 1.68. The van der Waals surface area contributed by atoms with E-state index in [-0.39, 0.29) is 6.42 Å². The fourth-order valence-electron chi connectivity index (χ4n) is 0.483. The van der Waals surface area contributed by atoms with Crippen LogP contribution in [0.1, 0.15) is 6.42 Å². The summed E-state index contributed by atoms with van der Waals surface area (Å²) in [4.78, 5) is 45.5. The van der Waals surface area contributed by atoms with Gasteiger partial charge in [0, 0.05) is 6.42 Å². The molecule has 0 spiro atoms. The van der Waals surface area contributed by atoms with Gasteiger partial charge in [0.05, 0.1) is 0 Å². The Morgan fingerprint density at radius 3 is 2.50 bits per heavy atom. The summed E-state index contributed by atoms with van der Waals surface area (Å²) in [6.45, 7) is 0. The minimum absolute atomic E-state index is 0.292. The van der Waals surface area contributed by atoms with Gasteiger partial charge >= 0.3 is 0 Å². The molecule has 1 amide bonds. The van der Waals surface area contributed by atoms with Crippen molar-refractivity contribution in [3.05, 3.63) is 0 Å². The lowest BCUT2D eigenvalue weighted by atomic mass is 10.2. The molecule has 0 aromatic carbocycles. The van der Waals surface area contributed by atoms with Crippen LogP contribution in [0.25, 0.3) is 0 Å². The average molecular weight is 168 g/mol. The highest BCUT2D eigenvalue weighted by Gasteiger charge is 2.15. The van der Waals surface area contributed by atoms with Crippen LogP contribution in [-0.2, 0) is 19.2 Å². The van der Waals surface area contributed by atoms with E-state index in [0.717, 1.165) is 12.2 Å². The quantitative estimate of drug-likeness (QED) is 0.310. The van der Waals surface area contributed by atoms with Crippen molar-refractivity contribution in [3.63, 3.8) is 0 Å². The van der Waals surface area contributed by atoms with E-state index in [9.17, 15) is 19.2 Å². The van der Waals surface area contributed by atoms with Gasteiger partial charge in [-0.2, -0.15) is 4.99 Å². The molecule has 1 atom stereocenters. The first-order valence-corrected chi connectivity index (χ1v) is 2.88. The SMILES string of the molecule is O=C=NC(=O)C(CC=O)N=C=O. The Morgan fingerprint density at radius 2 is 2.08 bits per heavy atom. The van der Waals surface area contributed by atoms with Gasteiger partial charge in [-0.05, 0) is 0 Å². The summed E-state index contributed by atoms with van der Waals surface area (Å²) < 4.78 is 0. The molecule has 0 heterocycles. The predicted molar refractivity (Wildman–Crippen MR) is 35.7 cm³/mol. The van der Waals surface area contributed by atoms with Crippen molar-refractivity contribution in [2.75, 3.05) is 0 Å². The molecule has 0 aromatic rings. The molecule has 0 aliphatic carbocycles. The molecule has 0 bridgehead atoms. The van der Waals surface area contributed by atoms with Gasteiger partial charge in [-0.25, -0.2) is 9.59 Å². The van der Waals surface area contributed by atoms with Crippen LogP contribution in [-0.4, -0.2) is 30.4 Å². The molecule has 0 N–H and O–H groups in total. The molecule has 0 saturated carbocycles. The van der Waals surface area contributed by atoms with E-state index < -0.39 is 11.9 Å². The minimum Gasteiger partial charge on any atom is -0.303 e. The number of amides is 1. The van der Waals surface area contributed by atoms with Crippen molar-refractivity contribution in [1.82, 2.24) is 0 Å². The van der Waals surface area contributed by atoms with E-state index in [1.165, 1.54) is 0 Å². The molecule has 0 fully saturated rings. The largest absolute Gasteiger partial charge is 0.303 e. The van der Waals surface area contributed by atoms with Gasteiger partial charge in [0.1, 0.15) is 6.29 Å². The van der Waals surface area contributed by atoms with E-state index in [4.69, 9.17) is 0 Å². The number of nitrogens with zero attached hydrogens (tertiary/aromatic N) is 2. The molecule has 6 nitrogen and oxygen atoms in total. The molecule has 1 unspecified atom stereocenters. The predicted octanol–water partition coefficient (Wildman–Crippen LogP) is -0.858. The van der Waals surface area contributed by atoms with Crippen molar-refractivity contribution in [2.24, 2.45) is 9.98 Å². The number of rotatable bonds is 4. The Balaban J connectivity index is 4.48. The van der Waals surface area contributed by atoms with Crippen LogP contribution in [0.15, 0.2) is 9.98 Å². The highest BCUT2D eigenvalue weighted by Crippen LogP contribution is 1.96. The van der Waals surface area contributed by atoms with Crippen LogP contribution in [0.2, 0.25) is 0 Å². The smallest absolute Gasteiger partial charge is 0.282 e. The van der Waals surface area contributed by atoms with Gasteiger partial charge in [0.2, 0.25) is 12.2 Å². The molecule has 0 rings (SSSR count). The third kappa shape index (κ3) is 3.31. The van der Waals surface area contributed by atoms with Gasteiger partial charge in [-0.15, -0.1) is 4.99 Å². The zero-order chi connectivity index (χ0) is 9.40. The summed E-state index contributed by atoms with van der Waals surface area (Å²) in [7, 11) is 0. The number of hydrogen-bond acceptors (Lipinski definition) is 5. The fraction of sp³-hybridized carbons (Fsp3) is 0.333. The first-order chi connectivity index (χ1) is 5.76. The van der Waals surface area contributed by atoms with E-state index in [0.29, 0.717) is 6.29 Å². The van der Waals surface area contributed by atoms with Crippen LogP contribution in [0.5, 0.6) is 0 Å². The highest BCUT2D eigenvalue weighted by atomic mass is 16.2. The van der Waals surface area contributed by atoms with Crippen molar-refractivity contribution in [2.45, 2.75) is 12.5 Å². The number of carbonyl (C=O) groups excluding carboxylic acids is 4. The standard InChI is InChI=1S/C6H4N2O4/c9-2-1-5(7-3-10)6(12)8-4-11/h2,5H,1H2. The number of aldehydes is 1. The Hall–Kier alpha value is -1.90. The van der Waals surface area contributed by atoms with Crippen LogP contribution in [0.4, 0.5) is 0 Å². The summed E-state index contributed by atoms with van der Waals surface area (Å²) in [5.41, 5.74) is 0. The second kappa shape index (κ2) is 5.85. The van der Waals surface area contributed by atoms with Crippen molar-refractivity contribution in [1.29, 1.82) is 0 Å². The summed E-state index contributed by atoms with van der Waals surface area (Å²) in [5, 5.41) is 0. The van der Waals surface area contributed by atoms with Crippen LogP contribution >= 0.6 is 0 Å². The van der Waals surface area contributed by atoms with Gasteiger partial charge in [-0.3, -0.25) is 4.79 Å². The van der Waals surface area contributed by atoms with Crippen LogP contribution in [0, 0.1) is 0 Å². The monoisotopic (exact) mass is 168 g/mol. The molecular formula is C6H4N2O4. The summed E-state index contributed by atoms with van der Waals surface area (Å²) in [5.74, 6) is -0.972. The molecule has 0 saturated heterocycles. The number of hydrogen-bond donors (Lipinski definition) is 0. The zero-order valence-corrected chi connectivity index (χ0v) is 5.89. The first kappa shape index (κ1) is 10.1. The van der Waals surface area contributed by atoms with Crippen molar-refractivity contribution < 1.29 is 19.2 Å². The summed E-state index contributed by atoms with van der Waals surface area (Å²) in [6.07, 6.45) is 2.18. The van der Waals surface area contributed by atoms with Crippen LogP contribution in [0.3, 0.4) is 0 Å². The normalized spacial score (nSPS) is 10.3. The molecule has 0 aliphatic rings. The third-order valence-corrected chi connectivity index (χ3v) is 0.969. The Bertz CT molecular complexity index is 273. The van der Waals surface area contributed by atoms with Gasteiger partial charge < -0.3 is 4.79 Å². The topological polar surface area (TPSA) is 93.0 Å².